The lowest BCUT2D eigenvalue weighted by atomic mass is 9.89. The summed E-state index contributed by atoms with van der Waals surface area (Å²) in [7, 11) is 0. The molecular formula is C21H21Cl2NO2. The smallest absolute Gasteiger partial charge is 0.244 e. The Bertz CT molecular complexity index is 874. The van der Waals surface area contributed by atoms with Gasteiger partial charge >= 0.3 is 0 Å². The van der Waals surface area contributed by atoms with Crippen molar-refractivity contribution in [1.82, 2.24) is 5.32 Å². The van der Waals surface area contributed by atoms with Gasteiger partial charge in [0.25, 0.3) is 0 Å². The molecule has 0 aromatic heterocycles. The number of carbonyl (C=O) groups excluding carboxylic acids is 1. The molecule has 136 valence electrons. The van der Waals surface area contributed by atoms with Crippen molar-refractivity contribution in [2.75, 3.05) is 0 Å². The number of rotatable bonds is 3. The molecule has 1 N–H and O–H groups in total. The number of fused-ring (bicyclic) bond motifs is 1. The van der Waals surface area contributed by atoms with E-state index < -0.39 is 0 Å². The molecule has 1 atom stereocenters. The average molecular weight is 390 g/mol. The highest BCUT2D eigenvalue weighted by Gasteiger charge is 2.34. The Kier molecular flexibility index (Phi) is 5.31. The second-order valence-corrected chi connectivity index (χ2v) is 8.01. The molecule has 1 heterocycles. The first-order valence-electron chi connectivity index (χ1n) is 8.47. The molecule has 1 aliphatic heterocycles. The van der Waals surface area contributed by atoms with Crippen molar-refractivity contribution in [1.29, 1.82) is 0 Å². The highest BCUT2D eigenvalue weighted by Crippen LogP contribution is 2.39. The van der Waals surface area contributed by atoms with Crippen LogP contribution in [0.2, 0.25) is 10.0 Å². The Morgan fingerprint density at radius 3 is 2.73 bits per heavy atom. The van der Waals surface area contributed by atoms with E-state index in [4.69, 9.17) is 27.9 Å². The fraction of sp³-hybridized carbons (Fsp3) is 0.286. The van der Waals surface area contributed by atoms with Gasteiger partial charge in [0.05, 0.1) is 6.04 Å². The lowest BCUT2D eigenvalue weighted by Crippen LogP contribution is -2.41. The molecule has 0 unspecified atom stereocenters. The van der Waals surface area contributed by atoms with Gasteiger partial charge < -0.3 is 10.1 Å². The molecule has 0 spiro atoms. The van der Waals surface area contributed by atoms with E-state index >= 15 is 0 Å². The maximum atomic E-state index is 12.5. The van der Waals surface area contributed by atoms with E-state index in [0.717, 1.165) is 22.4 Å². The number of benzene rings is 2. The molecule has 5 heteroatoms. The second-order valence-electron chi connectivity index (χ2n) is 7.17. The largest absolute Gasteiger partial charge is 0.487 e. The topological polar surface area (TPSA) is 38.3 Å². The van der Waals surface area contributed by atoms with Crippen LogP contribution in [0.3, 0.4) is 0 Å². The molecule has 0 radical (unpaired) electrons. The summed E-state index contributed by atoms with van der Waals surface area (Å²) in [6.07, 6.45) is 3.88. The van der Waals surface area contributed by atoms with Crippen molar-refractivity contribution in [2.45, 2.75) is 38.8 Å². The van der Waals surface area contributed by atoms with E-state index in [1.807, 2.05) is 32.9 Å². The minimum Gasteiger partial charge on any atom is -0.487 e. The van der Waals surface area contributed by atoms with Crippen LogP contribution in [0.5, 0.6) is 5.75 Å². The first-order valence-corrected chi connectivity index (χ1v) is 9.22. The molecule has 0 bridgehead atoms. The van der Waals surface area contributed by atoms with E-state index in [9.17, 15) is 4.79 Å². The van der Waals surface area contributed by atoms with E-state index in [0.29, 0.717) is 16.5 Å². The minimum atomic E-state index is -0.344. The summed E-state index contributed by atoms with van der Waals surface area (Å²) in [5, 5.41) is 4.16. The van der Waals surface area contributed by atoms with Gasteiger partial charge in [0.1, 0.15) is 11.4 Å². The molecule has 1 aliphatic rings. The maximum absolute atomic E-state index is 12.5. The highest BCUT2D eigenvalue weighted by molar-refractivity contribution is 6.35. The Morgan fingerprint density at radius 1 is 1.23 bits per heavy atom. The van der Waals surface area contributed by atoms with E-state index in [2.05, 4.69) is 11.4 Å². The zero-order valence-electron chi connectivity index (χ0n) is 15.0. The molecule has 3 nitrogen and oxygen atoms in total. The van der Waals surface area contributed by atoms with Crippen molar-refractivity contribution in [3.05, 3.63) is 69.2 Å². The van der Waals surface area contributed by atoms with Crippen molar-refractivity contribution >= 4 is 35.2 Å². The monoisotopic (exact) mass is 389 g/mol. The molecule has 2 aromatic rings. The molecule has 2 aromatic carbocycles. The van der Waals surface area contributed by atoms with Crippen molar-refractivity contribution in [3.8, 4) is 5.75 Å². The number of nitrogens with one attached hydrogen (secondary N) is 1. The predicted octanol–water partition coefficient (Wildman–Crippen LogP) is 5.73. The Balaban J connectivity index is 1.78. The second kappa shape index (κ2) is 7.34. The fourth-order valence-corrected chi connectivity index (χ4v) is 3.60. The van der Waals surface area contributed by atoms with Gasteiger partial charge in [-0.2, -0.15) is 0 Å². The number of carbonyl (C=O) groups is 1. The molecule has 1 amide bonds. The van der Waals surface area contributed by atoms with Crippen molar-refractivity contribution in [3.63, 3.8) is 0 Å². The number of hydrogen-bond acceptors (Lipinski definition) is 2. The summed E-state index contributed by atoms with van der Waals surface area (Å²) in [6, 6.07) is 11.1. The molecule has 3 rings (SSSR count). The Labute approximate surface area is 164 Å². The quantitative estimate of drug-likeness (QED) is 0.680. The van der Waals surface area contributed by atoms with Gasteiger partial charge in [-0.1, -0.05) is 47.0 Å². The number of aryl methyl sites for hydroxylation is 1. The molecule has 26 heavy (non-hydrogen) atoms. The SMILES string of the molecule is Cc1ccc2c(c1)[C@@H](NC(=O)/C=C/c1ccc(Cl)cc1Cl)CC(C)(C)O2. The zero-order valence-corrected chi connectivity index (χ0v) is 16.5. The van der Waals surface area contributed by atoms with Crippen LogP contribution in [0.4, 0.5) is 0 Å². The van der Waals surface area contributed by atoms with Gasteiger partial charge in [0.15, 0.2) is 0 Å². The lowest BCUT2D eigenvalue weighted by Gasteiger charge is -2.38. The van der Waals surface area contributed by atoms with Crippen molar-refractivity contribution < 1.29 is 9.53 Å². The van der Waals surface area contributed by atoms with Gasteiger partial charge in [-0.3, -0.25) is 4.79 Å². The lowest BCUT2D eigenvalue weighted by molar-refractivity contribution is -0.117. The summed E-state index contributed by atoms with van der Waals surface area (Å²) in [6.45, 7) is 6.08. The highest BCUT2D eigenvalue weighted by atomic mass is 35.5. The van der Waals surface area contributed by atoms with Gasteiger partial charge in [-0.05, 0) is 50.6 Å². The normalized spacial score (nSPS) is 18.3. The molecule has 0 saturated heterocycles. The number of hydrogen-bond donors (Lipinski definition) is 1. The summed E-state index contributed by atoms with van der Waals surface area (Å²) >= 11 is 12.0. The van der Waals surface area contributed by atoms with Crippen LogP contribution in [0.25, 0.3) is 6.08 Å². The maximum Gasteiger partial charge on any atom is 0.244 e. The number of ether oxygens (including phenoxy) is 1. The third-order valence-corrected chi connectivity index (χ3v) is 4.88. The third kappa shape index (κ3) is 4.40. The van der Waals surface area contributed by atoms with Gasteiger partial charge in [-0.15, -0.1) is 0 Å². The summed E-state index contributed by atoms with van der Waals surface area (Å²) in [5.41, 5.74) is 2.55. The number of halogens is 2. The first kappa shape index (κ1) is 18.8. The van der Waals surface area contributed by atoms with Crippen LogP contribution in [-0.4, -0.2) is 11.5 Å². The van der Waals surface area contributed by atoms with Crippen LogP contribution in [0.1, 0.15) is 43.0 Å². The van der Waals surface area contributed by atoms with E-state index in [-0.39, 0.29) is 17.6 Å². The summed E-state index contributed by atoms with van der Waals surface area (Å²) < 4.78 is 6.04. The Morgan fingerprint density at radius 2 is 2.00 bits per heavy atom. The molecular weight excluding hydrogens is 369 g/mol. The van der Waals surface area contributed by atoms with Crippen LogP contribution in [0, 0.1) is 6.92 Å². The van der Waals surface area contributed by atoms with Crippen LogP contribution < -0.4 is 10.1 Å². The first-order chi connectivity index (χ1) is 12.2. The van der Waals surface area contributed by atoms with Gasteiger partial charge in [0, 0.05) is 28.1 Å². The van der Waals surface area contributed by atoms with E-state index in [1.165, 1.54) is 6.08 Å². The third-order valence-electron chi connectivity index (χ3n) is 4.32. The molecule has 0 saturated carbocycles. The predicted molar refractivity (Wildman–Crippen MR) is 107 cm³/mol. The molecule has 0 aliphatic carbocycles. The van der Waals surface area contributed by atoms with Gasteiger partial charge in [0.2, 0.25) is 5.91 Å². The van der Waals surface area contributed by atoms with Crippen LogP contribution in [0.15, 0.2) is 42.5 Å². The van der Waals surface area contributed by atoms with E-state index in [1.54, 1.807) is 24.3 Å². The van der Waals surface area contributed by atoms with Crippen LogP contribution in [-0.2, 0) is 4.79 Å². The van der Waals surface area contributed by atoms with Crippen LogP contribution >= 0.6 is 23.2 Å². The Hall–Kier alpha value is -1.97. The van der Waals surface area contributed by atoms with Gasteiger partial charge in [-0.25, -0.2) is 0 Å². The van der Waals surface area contributed by atoms with Crippen molar-refractivity contribution in [2.24, 2.45) is 0 Å². The number of amides is 1. The summed E-state index contributed by atoms with van der Waals surface area (Å²) in [5.74, 6) is 0.646. The standard InChI is InChI=1S/C21H21Cl2NO2/c1-13-4-8-19-16(10-13)18(12-21(2,3)26-19)24-20(25)9-6-14-5-7-15(22)11-17(14)23/h4-11,18H,12H2,1-3H3,(H,24,25)/b9-6+/t18-/m0/s1. The fourth-order valence-electron chi connectivity index (χ4n) is 3.12. The minimum absolute atomic E-state index is 0.105. The average Bonchev–Trinajstić information content (AvgIpc) is 2.54. The molecule has 0 fully saturated rings. The summed E-state index contributed by atoms with van der Waals surface area (Å²) in [4.78, 5) is 12.5. The zero-order chi connectivity index (χ0) is 18.9.